The Morgan fingerprint density at radius 1 is 1.00 bits per heavy atom. The fourth-order valence-electron chi connectivity index (χ4n) is 3.28. The number of benzene rings is 1. The van der Waals surface area contributed by atoms with Gasteiger partial charge in [0.2, 0.25) is 0 Å². The molecule has 1 fully saturated rings. The highest BCUT2D eigenvalue weighted by Gasteiger charge is 2.19. The molecule has 0 radical (unpaired) electrons. The molecule has 0 bridgehead atoms. The van der Waals surface area contributed by atoms with Crippen LogP contribution in [0.15, 0.2) is 24.3 Å². The van der Waals surface area contributed by atoms with E-state index in [9.17, 15) is 17.6 Å². The Labute approximate surface area is 135 Å². The molecule has 0 amide bonds. The van der Waals surface area contributed by atoms with Crippen molar-refractivity contribution in [1.29, 1.82) is 0 Å². The molecule has 128 valence electrons. The van der Waals surface area contributed by atoms with Crippen molar-refractivity contribution in [3.05, 3.63) is 47.3 Å². The average Bonchev–Trinajstić information content (AvgIpc) is 2.55. The third-order valence-corrected chi connectivity index (χ3v) is 4.69. The Morgan fingerprint density at radius 2 is 1.65 bits per heavy atom. The molecule has 0 saturated heterocycles. The molecule has 1 aliphatic rings. The molecule has 0 aliphatic heterocycles. The van der Waals surface area contributed by atoms with Crippen LogP contribution < -0.4 is 0 Å². The minimum Gasteiger partial charge on any atom is -0.251 e. The van der Waals surface area contributed by atoms with E-state index in [0.29, 0.717) is 30.2 Å². The van der Waals surface area contributed by atoms with Gasteiger partial charge in [0, 0.05) is 0 Å². The third kappa shape index (κ3) is 5.67. The van der Waals surface area contributed by atoms with Gasteiger partial charge in [-0.2, -0.15) is 0 Å². The monoisotopic (exact) mass is 328 g/mol. The Bertz CT molecular complexity index is 493. The topological polar surface area (TPSA) is 0 Å². The van der Waals surface area contributed by atoms with E-state index in [1.54, 1.807) is 0 Å². The van der Waals surface area contributed by atoms with E-state index in [-0.39, 0.29) is 6.67 Å². The molecular formula is C19H24F4. The van der Waals surface area contributed by atoms with Crippen molar-refractivity contribution in [2.45, 2.75) is 51.4 Å². The number of alkyl halides is 1. The largest absolute Gasteiger partial charge is 0.251 e. The first kappa shape index (κ1) is 18.0. The summed E-state index contributed by atoms with van der Waals surface area (Å²) < 4.78 is 51.3. The minimum atomic E-state index is -1.39. The number of hydrogen-bond donors (Lipinski definition) is 0. The molecule has 0 atom stereocenters. The summed E-state index contributed by atoms with van der Waals surface area (Å²) in [6.07, 6.45) is 11.6. The first-order valence-corrected chi connectivity index (χ1v) is 8.46. The molecule has 1 aromatic carbocycles. The molecule has 0 aromatic heterocycles. The Morgan fingerprint density at radius 3 is 2.26 bits per heavy atom. The predicted molar refractivity (Wildman–Crippen MR) is 84.4 cm³/mol. The van der Waals surface area contributed by atoms with Crippen molar-refractivity contribution < 1.29 is 17.6 Å². The summed E-state index contributed by atoms with van der Waals surface area (Å²) in [6, 6.07) is 2.19. The van der Waals surface area contributed by atoms with Crippen LogP contribution in [0, 0.1) is 29.3 Å². The first-order valence-electron chi connectivity index (χ1n) is 8.46. The fourth-order valence-corrected chi connectivity index (χ4v) is 3.28. The van der Waals surface area contributed by atoms with Gasteiger partial charge in [0.25, 0.3) is 0 Å². The highest BCUT2D eigenvalue weighted by atomic mass is 19.2. The van der Waals surface area contributed by atoms with Crippen molar-refractivity contribution in [2.75, 3.05) is 6.67 Å². The lowest BCUT2D eigenvalue weighted by molar-refractivity contribution is 0.295. The lowest BCUT2D eigenvalue weighted by Gasteiger charge is -2.26. The average molecular weight is 328 g/mol. The van der Waals surface area contributed by atoms with E-state index in [1.165, 1.54) is 0 Å². The molecular weight excluding hydrogens is 304 g/mol. The van der Waals surface area contributed by atoms with Crippen LogP contribution in [0.4, 0.5) is 17.6 Å². The van der Waals surface area contributed by atoms with E-state index in [4.69, 9.17) is 0 Å². The summed E-state index contributed by atoms with van der Waals surface area (Å²) in [4.78, 5) is 0. The summed E-state index contributed by atoms with van der Waals surface area (Å²) in [5.74, 6) is -2.48. The highest BCUT2D eigenvalue weighted by Crippen LogP contribution is 2.32. The quantitative estimate of drug-likeness (QED) is 0.244. The van der Waals surface area contributed by atoms with Gasteiger partial charge in [-0.05, 0) is 80.9 Å². The Balaban J connectivity index is 1.73. The van der Waals surface area contributed by atoms with Gasteiger partial charge in [0.05, 0.1) is 6.67 Å². The van der Waals surface area contributed by atoms with Crippen LogP contribution in [0.25, 0.3) is 0 Å². The lowest BCUT2D eigenvalue weighted by Crippen LogP contribution is -2.14. The van der Waals surface area contributed by atoms with Gasteiger partial charge in [-0.25, -0.2) is 13.2 Å². The normalized spacial score (nSPS) is 21.9. The fraction of sp³-hybridized carbons (Fsp3) is 0.579. The van der Waals surface area contributed by atoms with E-state index >= 15 is 0 Å². The van der Waals surface area contributed by atoms with Crippen LogP contribution in [0.3, 0.4) is 0 Å². The number of aryl methyl sites for hydroxylation is 1. The van der Waals surface area contributed by atoms with Gasteiger partial charge in [0.1, 0.15) is 0 Å². The van der Waals surface area contributed by atoms with Crippen LogP contribution in [0.5, 0.6) is 0 Å². The zero-order valence-electron chi connectivity index (χ0n) is 13.3. The van der Waals surface area contributed by atoms with Crippen molar-refractivity contribution in [3.8, 4) is 0 Å². The van der Waals surface area contributed by atoms with Gasteiger partial charge in [-0.1, -0.05) is 12.2 Å². The van der Waals surface area contributed by atoms with Gasteiger partial charge in [-0.15, -0.1) is 0 Å². The second-order valence-electron chi connectivity index (χ2n) is 6.45. The molecule has 0 nitrogen and oxygen atoms in total. The molecule has 0 heterocycles. The third-order valence-electron chi connectivity index (χ3n) is 4.69. The maximum atomic E-state index is 13.2. The summed E-state index contributed by atoms with van der Waals surface area (Å²) in [5.41, 5.74) is 0.523. The minimum absolute atomic E-state index is 0.262. The molecule has 2 rings (SSSR count). The second-order valence-corrected chi connectivity index (χ2v) is 6.45. The van der Waals surface area contributed by atoms with Gasteiger partial charge in [-0.3, -0.25) is 4.39 Å². The van der Waals surface area contributed by atoms with Gasteiger partial charge >= 0.3 is 0 Å². The smallest absolute Gasteiger partial charge is 0.194 e. The van der Waals surface area contributed by atoms with Gasteiger partial charge in [0.15, 0.2) is 17.5 Å². The number of allylic oxidation sites excluding steroid dienone is 2. The zero-order chi connectivity index (χ0) is 16.7. The van der Waals surface area contributed by atoms with Crippen LogP contribution in [0.1, 0.15) is 50.5 Å². The SMILES string of the molecule is FCCC/C=C/[C@H]1CC[C@H](CCc2cc(F)c(F)c(F)c2)CC1. The molecule has 23 heavy (non-hydrogen) atoms. The number of unbranched alkanes of at least 4 members (excludes halogenated alkanes) is 1. The van der Waals surface area contributed by atoms with E-state index in [2.05, 4.69) is 12.2 Å². The van der Waals surface area contributed by atoms with Crippen LogP contribution in [0.2, 0.25) is 0 Å². The maximum Gasteiger partial charge on any atom is 0.194 e. The number of halogens is 4. The molecule has 1 aromatic rings. The van der Waals surface area contributed by atoms with Crippen molar-refractivity contribution in [3.63, 3.8) is 0 Å². The van der Waals surface area contributed by atoms with E-state index < -0.39 is 17.5 Å². The van der Waals surface area contributed by atoms with Crippen molar-refractivity contribution >= 4 is 0 Å². The zero-order valence-corrected chi connectivity index (χ0v) is 13.3. The van der Waals surface area contributed by atoms with E-state index in [1.807, 2.05) is 0 Å². The number of hydrogen-bond acceptors (Lipinski definition) is 0. The summed E-state index contributed by atoms with van der Waals surface area (Å²) in [5, 5.41) is 0. The molecule has 0 unspecified atom stereocenters. The lowest BCUT2D eigenvalue weighted by atomic mass is 9.79. The molecule has 0 N–H and O–H groups in total. The Hall–Kier alpha value is -1.32. The predicted octanol–water partition coefficient (Wildman–Crippen LogP) is 6.15. The maximum absolute atomic E-state index is 13.2. The molecule has 4 heteroatoms. The molecule has 1 saturated carbocycles. The standard InChI is InChI=1S/C19H24F4/c20-11-3-1-2-4-14-5-7-15(8-6-14)9-10-16-12-17(21)19(23)18(22)13-16/h2,4,12-15H,1,3,5-11H2/b4-2+/t14-,15-. The molecule has 0 spiro atoms. The van der Waals surface area contributed by atoms with Crippen LogP contribution in [-0.2, 0) is 6.42 Å². The number of rotatable bonds is 7. The van der Waals surface area contributed by atoms with Crippen molar-refractivity contribution in [2.24, 2.45) is 11.8 Å². The first-order chi connectivity index (χ1) is 11.1. The van der Waals surface area contributed by atoms with Crippen LogP contribution in [-0.4, -0.2) is 6.67 Å². The highest BCUT2D eigenvalue weighted by molar-refractivity contribution is 5.19. The van der Waals surface area contributed by atoms with Crippen LogP contribution >= 0.6 is 0 Å². The summed E-state index contributed by atoms with van der Waals surface area (Å²) in [7, 11) is 0. The Kier molecular flexibility index (Phi) is 7.13. The van der Waals surface area contributed by atoms with Gasteiger partial charge < -0.3 is 0 Å². The molecule has 1 aliphatic carbocycles. The van der Waals surface area contributed by atoms with E-state index in [0.717, 1.165) is 50.7 Å². The second kappa shape index (κ2) is 9.09. The summed E-state index contributed by atoms with van der Waals surface area (Å²) >= 11 is 0. The summed E-state index contributed by atoms with van der Waals surface area (Å²) in [6.45, 7) is -0.262. The van der Waals surface area contributed by atoms with Crippen molar-refractivity contribution in [1.82, 2.24) is 0 Å².